The number of pyridine rings is 4. The highest BCUT2D eigenvalue weighted by atomic mass is 19.4. The first-order chi connectivity index (χ1) is 65.1. The summed E-state index contributed by atoms with van der Waals surface area (Å²) in [7, 11) is 3.22. The van der Waals surface area contributed by atoms with Gasteiger partial charge < -0.3 is 9.47 Å². The Hall–Kier alpha value is -10.5. The van der Waals surface area contributed by atoms with Gasteiger partial charge in [-0.15, -0.1) is 10.2 Å². The molecule has 7 heterocycles. The average molecular weight is 1940 g/mol. The highest BCUT2D eigenvalue weighted by Gasteiger charge is 2.35. The smallest absolute Gasteiger partial charge is 0.435 e. The molecule has 2 saturated carbocycles. The summed E-state index contributed by atoms with van der Waals surface area (Å²) in [4.78, 5) is 16.2. The van der Waals surface area contributed by atoms with Gasteiger partial charge in [0.1, 0.15) is 5.69 Å². The fraction of sp³-hybridized carbons (Fsp3) is 0.504. The number of alkyl halides is 11. The predicted octanol–water partition coefficient (Wildman–Crippen LogP) is 36.7. The van der Waals surface area contributed by atoms with Crippen molar-refractivity contribution in [2.45, 2.75) is 344 Å². The standard InChI is InChI=1S/C11H13F3.C10H13F2N.2C10H14.C9H10F3N.C9H13NO.C9H18.C9H12.C8H9F3N2.C8H12N2O.2C8H11N.C6H12.C2H6/c1-7(2)9-5-4-8(3)10(6-9)11(12,13)14;1-7(2)9-5-4-8(3)13(6-9)10(11)12;2*1-8(2)10-6-4-9(3)5-7-10;1-6(2)7-3-4-13-8(5-7)9(10,11)12;1-7(2)8-4-5-10-9(6-8)11-3;2*1-8(2)9-6-4-3-5-7-9;1-5(2)6-3-7(8(9,10)11)13-12-4-6;1-6(2)7-4-8(11-3)10-9-5-7;2*1-7(2)8-4-3-5-9-6-8;1-5(2)6-3-4-6;1-2/h4-7H,1-3H3;4-7,10H,3H2,1-2H3;2*4-8H,1-3H3;3-6H,1-2H3;4-7H,1-3H3;8-9H,3-7H2,1-2H3;3-8H,1-2H3;3-5H,1-2H3;4-6H,1-3H3;2*3-7H,1-2H3;5-6H,3-4H2,1-2H3;1-2H3. The van der Waals surface area contributed by atoms with Crippen LogP contribution in [0.5, 0.6) is 11.8 Å². The number of hydrogen-bond acceptors (Lipinski definition) is 11. The van der Waals surface area contributed by atoms with Gasteiger partial charge in [-0.2, -0.15) is 58.5 Å². The topological polar surface area (TPSA) is 125 Å². The third-order valence-electron chi connectivity index (χ3n) is 22.6. The zero-order valence-corrected chi connectivity index (χ0v) is 89.8. The third kappa shape index (κ3) is 56.5. The van der Waals surface area contributed by atoms with Crippen LogP contribution in [0.3, 0.4) is 0 Å². The highest BCUT2D eigenvalue weighted by Crippen LogP contribution is 2.37. The van der Waals surface area contributed by atoms with Crippen LogP contribution in [0.25, 0.3) is 0 Å². The summed E-state index contributed by atoms with van der Waals surface area (Å²) in [5.74, 6) is 9.98. The summed E-state index contributed by atoms with van der Waals surface area (Å²) in [5.41, 5.74) is 13.1. The van der Waals surface area contributed by atoms with Gasteiger partial charge in [-0.05, 0) is 238 Å². The van der Waals surface area contributed by atoms with Crippen molar-refractivity contribution < 1.29 is 57.8 Å². The van der Waals surface area contributed by atoms with E-state index in [1.54, 1.807) is 71.1 Å². The molecule has 6 aromatic heterocycles. The zero-order chi connectivity index (χ0) is 106. The number of ether oxygens (including phenoxy) is 2. The molecule has 0 saturated heterocycles. The molecule has 0 unspecified atom stereocenters. The molecule has 0 amide bonds. The van der Waals surface area contributed by atoms with E-state index in [0.29, 0.717) is 70.0 Å². The van der Waals surface area contributed by atoms with Crippen LogP contribution < -0.4 is 9.47 Å². The normalized spacial score (nSPS) is 12.7. The van der Waals surface area contributed by atoms with Crippen molar-refractivity contribution in [3.8, 4) is 11.8 Å². The Kier molecular flexibility index (Phi) is 63.4. The van der Waals surface area contributed by atoms with E-state index in [9.17, 15) is 48.3 Å². The number of aromatic nitrogens is 8. The summed E-state index contributed by atoms with van der Waals surface area (Å²) in [6.45, 7) is 65.5. The molecule has 10 aromatic rings. The van der Waals surface area contributed by atoms with Gasteiger partial charge in [-0.3, -0.25) is 19.9 Å². The largest absolute Gasteiger partial charge is 0.481 e. The van der Waals surface area contributed by atoms with Gasteiger partial charge in [0.15, 0.2) is 5.69 Å². The number of benzene rings is 4. The molecule has 139 heavy (non-hydrogen) atoms. The molecule has 13 rings (SSSR count). The van der Waals surface area contributed by atoms with Gasteiger partial charge >= 0.3 is 25.1 Å². The minimum Gasteiger partial charge on any atom is -0.481 e. The highest BCUT2D eigenvalue weighted by molar-refractivity contribution is 5.36. The monoisotopic (exact) mass is 1940 g/mol. The number of rotatable bonds is 16. The Balaban J connectivity index is 0.00000149. The van der Waals surface area contributed by atoms with Crippen LogP contribution in [-0.4, -0.2) is 66.0 Å². The van der Waals surface area contributed by atoms with Crippen molar-refractivity contribution >= 4 is 0 Å². The van der Waals surface area contributed by atoms with Gasteiger partial charge in [-0.25, -0.2) is 4.98 Å². The molecule has 4 aromatic carbocycles. The van der Waals surface area contributed by atoms with Crippen LogP contribution in [0.1, 0.15) is 387 Å². The Morgan fingerprint density at radius 1 is 0.338 bits per heavy atom. The number of aryl methyl sites for hydroxylation is 3. The first-order valence-corrected chi connectivity index (χ1v) is 49.2. The van der Waals surface area contributed by atoms with Crippen LogP contribution in [0.4, 0.5) is 48.3 Å². The number of methoxy groups -OCH3 is 2. The minimum absolute atomic E-state index is 0.0246. The maximum atomic E-state index is 12.5. The van der Waals surface area contributed by atoms with Crippen molar-refractivity contribution in [3.05, 3.63) is 333 Å². The van der Waals surface area contributed by atoms with E-state index < -0.39 is 42.0 Å². The van der Waals surface area contributed by atoms with Gasteiger partial charge in [0.05, 0.1) is 32.2 Å². The molecule has 2 fully saturated rings. The van der Waals surface area contributed by atoms with Gasteiger partial charge in [0.2, 0.25) is 11.8 Å². The van der Waals surface area contributed by atoms with Crippen LogP contribution in [0, 0.1) is 50.4 Å². The molecule has 0 atom stereocenters. The first-order valence-electron chi connectivity index (χ1n) is 49.2. The molecule has 1 aliphatic heterocycles. The van der Waals surface area contributed by atoms with E-state index in [2.05, 4.69) is 270 Å². The lowest BCUT2D eigenvalue weighted by Crippen LogP contribution is -2.24. The molecular weight excluding hydrogens is 1770 g/mol. The Labute approximate surface area is 830 Å². The van der Waals surface area contributed by atoms with E-state index in [1.165, 1.54) is 127 Å². The molecule has 0 bridgehead atoms. The molecule has 0 N–H and O–H groups in total. The van der Waals surface area contributed by atoms with Crippen molar-refractivity contribution in [1.29, 1.82) is 0 Å². The molecule has 0 radical (unpaired) electrons. The molecule has 22 heteroatoms. The Morgan fingerprint density at radius 3 is 1.04 bits per heavy atom. The molecule has 0 spiro atoms. The Bertz CT molecular complexity index is 4640. The quantitative estimate of drug-likeness (QED) is 0.0678. The van der Waals surface area contributed by atoms with E-state index in [-0.39, 0.29) is 29.2 Å². The number of nitrogens with zero attached hydrogens (tertiary/aromatic N) is 9. The lowest BCUT2D eigenvalue weighted by Gasteiger charge is -2.25. The lowest BCUT2D eigenvalue weighted by molar-refractivity contribution is -0.142. The van der Waals surface area contributed by atoms with Crippen molar-refractivity contribution in [3.63, 3.8) is 0 Å². The van der Waals surface area contributed by atoms with Crippen molar-refractivity contribution in [2.75, 3.05) is 14.2 Å². The summed E-state index contributed by atoms with van der Waals surface area (Å²) < 4.78 is 145. The maximum Gasteiger partial charge on any atom is 0.435 e. The summed E-state index contributed by atoms with van der Waals surface area (Å²) in [6, 6.07) is 50.2. The van der Waals surface area contributed by atoms with Crippen LogP contribution in [-0.2, 0) is 18.5 Å². The second-order valence-corrected chi connectivity index (χ2v) is 38.4. The van der Waals surface area contributed by atoms with E-state index in [1.807, 2.05) is 110 Å². The fourth-order valence-corrected chi connectivity index (χ4v) is 12.6. The fourth-order valence-electron chi connectivity index (χ4n) is 12.6. The van der Waals surface area contributed by atoms with Gasteiger partial charge in [0, 0.05) is 61.2 Å². The first kappa shape index (κ1) is 128. The number of halogens is 11. The zero-order valence-electron chi connectivity index (χ0n) is 89.8. The Morgan fingerprint density at radius 2 is 0.698 bits per heavy atom. The van der Waals surface area contributed by atoms with E-state index in [0.717, 1.165) is 57.4 Å². The number of allylic oxidation sites excluding steroid dienone is 3. The lowest BCUT2D eigenvalue weighted by atomic mass is 9.82. The predicted molar refractivity (Wildman–Crippen MR) is 559 cm³/mol. The van der Waals surface area contributed by atoms with Crippen LogP contribution >= 0.6 is 0 Å². The average Bonchev–Trinajstić information content (AvgIpc) is 1.65. The molecule has 11 nitrogen and oxygen atoms in total. The molecule has 3 aliphatic rings. The third-order valence-corrected chi connectivity index (χ3v) is 22.6. The summed E-state index contributed by atoms with van der Waals surface area (Å²) in [6.07, 6.45) is 15.8. The summed E-state index contributed by atoms with van der Waals surface area (Å²) >= 11 is 0. The second kappa shape index (κ2) is 68.6. The minimum atomic E-state index is -4.40. The van der Waals surface area contributed by atoms with Crippen molar-refractivity contribution in [2.24, 2.45) is 29.6 Å². The maximum absolute atomic E-state index is 12.5. The van der Waals surface area contributed by atoms with Gasteiger partial charge in [0.25, 0.3) is 0 Å². The summed E-state index contributed by atoms with van der Waals surface area (Å²) in [5, 5.41) is 13.9. The molecule has 2 aliphatic carbocycles. The second-order valence-electron chi connectivity index (χ2n) is 38.4. The van der Waals surface area contributed by atoms with Crippen LogP contribution in [0.15, 0.2) is 244 Å². The molecule has 770 valence electrons. The van der Waals surface area contributed by atoms with E-state index >= 15 is 0 Å². The molecular formula is C117H168F11N9O2. The number of hydrogen-bond donors (Lipinski definition) is 0. The van der Waals surface area contributed by atoms with Crippen molar-refractivity contribution in [1.82, 2.24) is 45.2 Å². The van der Waals surface area contributed by atoms with Gasteiger partial charge in [-0.1, -0.05) is 353 Å². The van der Waals surface area contributed by atoms with E-state index in [4.69, 9.17) is 9.47 Å². The van der Waals surface area contributed by atoms with Crippen LogP contribution in [0.2, 0.25) is 0 Å². The SMILES string of the molecule is C=C1C=CC(C(C)C)=CN1C(F)F.CC.CC(C)C1CC1.CC(C)C1CCCCC1.CC(C)c1ccccc1.CC(C)c1cccnc1.CC(C)c1cccnc1.CC(C)c1ccnc(C(F)(F)F)c1.CC(C)c1cnnc(C(F)(F)F)c1.COc1cc(C(C)C)ccn1.COc1cc(C(C)C)cnn1.Cc1ccc(C(C)C)cc1.Cc1ccc(C(C)C)cc1.Cc1ccc(C(C)C)cc1C(F)(F)F.